The van der Waals surface area contributed by atoms with Crippen LogP contribution in [0.2, 0.25) is 0 Å². The molecule has 0 amide bonds. The number of piperidine rings is 2. The maximum absolute atomic E-state index is 5.45. The standard InChI is InChI=1S/C26H43N5O/c1-2-27-26(28-13-6-7-14-29-17-19-32-20-18-29)31-16-12-25-24(22-31)11-8-15-30(25)21-23-9-4-3-5-10-23/h3-5,9-10,24-25H,2,6-8,11-22H2,1H3,(H,27,28). The molecule has 1 aromatic carbocycles. The van der Waals surface area contributed by atoms with E-state index in [0.29, 0.717) is 0 Å². The van der Waals surface area contributed by atoms with Gasteiger partial charge in [-0.2, -0.15) is 0 Å². The van der Waals surface area contributed by atoms with Crippen molar-refractivity contribution in [2.45, 2.75) is 51.6 Å². The largest absolute Gasteiger partial charge is 0.379 e. The zero-order valence-corrected chi connectivity index (χ0v) is 20.1. The Morgan fingerprint density at radius 1 is 1.06 bits per heavy atom. The third-order valence-corrected chi connectivity index (χ3v) is 7.29. The Balaban J connectivity index is 1.26. The smallest absolute Gasteiger partial charge is 0.193 e. The van der Waals surface area contributed by atoms with Gasteiger partial charge in [0, 0.05) is 51.9 Å². The van der Waals surface area contributed by atoms with Crippen LogP contribution in [-0.4, -0.2) is 92.3 Å². The quantitative estimate of drug-likeness (QED) is 0.382. The number of likely N-dealkylation sites (tertiary alicyclic amines) is 2. The molecule has 178 valence electrons. The third kappa shape index (κ3) is 6.69. The predicted octanol–water partition coefficient (Wildman–Crippen LogP) is 3.05. The second-order valence-electron chi connectivity index (χ2n) is 9.56. The van der Waals surface area contributed by atoms with Crippen molar-refractivity contribution < 1.29 is 4.74 Å². The van der Waals surface area contributed by atoms with Crippen molar-refractivity contribution in [3.05, 3.63) is 35.9 Å². The molecule has 0 aliphatic carbocycles. The van der Waals surface area contributed by atoms with Crippen LogP contribution in [0.5, 0.6) is 0 Å². The number of benzene rings is 1. The Morgan fingerprint density at radius 2 is 1.91 bits per heavy atom. The van der Waals surface area contributed by atoms with E-state index in [2.05, 4.69) is 57.3 Å². The van der Waals surface area contributed by atoms with Gasteiger partial charge in [0.15, 0.2) is 5.96 Å². The molecule has 3 aliphatic rings. The molecule has 0 saturated carbocycles. The molecule has 6 heteroatoms. The number of morpholine rings is 1. The molecule has 32 heavy (non-hydrogen) atoms. The molecule has 0 radical (unpaired) electrons. The van der Waals surface area contributed by atoms with E-state index in [9.17, 15) is 0 Å². The van der Waals surface area contributed by atoms with Gasteiger partial charge in [-0.25, -0.2) is 0 Å². The highest BCUT2D eigenvalue weighted by molar-refractivity contribution is 5.80. The molecular weight excluding hydrogens is 398 g/mol. The second kappa shape index (κ2) is 12.6. The first kappa shape index (κ1) is 23.5. The summed E-state index contributed by atoms with van der Waals surface area (Å²) < 4.78 is 5.45. The Labute approximate surface area is 195 Å². The van der Waals surface area contributed by atoms with Crippen molar-refractivity contribution >= 4 is 5.96 Å². The van der Waals surface area contributed by atoms with Crippen LogP contribution in [0.4, 0.5) is 0 Å². The lowest BCUT2D eigenvalue weighted by Gasteiger charge is -2.48. The Morgan fingerprint density at radius 3 is 2.72 bits per heavy atom. The average molecular weight is 442 g/mol. The average Bonchev–Trinajstić information content (AvgIpc) is 2.84. The molecule has 3 saturated heterocycles. The molecule has 3 heterocycles. The zero-order valence-electron chi connectivity index (χ0n) is 20.1. The first-order chi connectivity index (χ1) is 15.8. The van der Waals surface area contributed by atoms with E-state index in [1.54, 1.807) is 0 Å². The van der Waals surface area contributed by atoms with Gasteiger partial charge >= 0.3 is 0 Å². The fourth-order valence-electron chi connectivity index (χ4n) is 5.60. The fraction of sp³-hybridized carbons (Fsp3) is 0.731. The summed E-state index contributed by atoms with van der Waals surface area (Å²) in [5.41, 5.74) is 1.45. The van der Waals surface area contributed by atoms with Crippen molar-refractivity contribution in [1.82, 2.24) is 20.0 Å². The fourth-order valence-corrected chi connectivity index (χ4v) is 5.60. The SMILES string of the molecule is CCNC(=NCCCCN1CCOCC1)N1CCC2C(CCCN2Cc2ccccc2)C1. The van der Waals surface area contributed by atoms with Crippen LogP contribution in [0.25, 0.3) is 0 Å². The van der Waals surface area contributed by atoms with Gasteiger partial charge in [0.25, 0.3) is 0 Å². The number of ether oxygens (including phenoxy) is 1. The van der Waals surface area contributed by atoms with E-state index in [1.165, 1.54) is 44.3 Å². The van der Waals surface area contributed by atoms with Crippen LogP contribution in [0.1, 0.15) is 44.6 Å². The molecule has 2 unspecified atom stereocenters. The maximum Gasteiger partial charge on any atom is 0.193 e. The van der Waals surface area contributed by atoms with Crippen LogP contribution < -0.4 is 5.32 Å². The normalized spacial score (nSPS) is 25.5. The molecular formula is C26H43N5O. The van der Waals surface area contributed by atoms with Gasteiger partial charge in [-0.05, 0) is 63.6 Å². The molecule has 6 nitrogen and oxygen atoms in total. The van der Waals surface area contributed by atoms with Gasteiger partial charge in [-0.3, -0.25) is 14.8 Å². The highest BCUT2D eigenvalue weighted by Crippen LogP contribution is 2.31. The first-order valence-corrected chi connectivity index (χ1v) is 12.9. The summed E-state index contributed by atoms with van der Waals surface area (Å²) in [6, 6.07) is 11.7. The van der Waals surface area contributed by atoms with Crippen LogP contribution in [0, 0.1) is 5.92 Å². The minimum Gasteiger partial charge on any atom is -0.379 e. The first-order valence-electron chi connectivity index (χ1n) is 12.9. The van der Waals surface area contributed by atoms with Gasteiger partial charge in [0.05, 0.1) is 13.2 Å². The van der Waals surface area contributed by atoms with Gasteiger partial charge in [0.1, 0.15) is 0 Å². The number of aliphatic imine (C=N–C) groups is 1. The van der Waals surface area contributed by atoms with E-state index in [4.69, 9.17) is 9.73 Å². The summed E-state index contributed by atoms with van der Waals surface area (Å²) in [7, 11) is 0. The highest BCUT2D eigenvalue weighted by Gasteiger charge is 2.36. The number of fused-ring (bicyclic) bond motifs is 1. The van der Waals surface area contributed by atoms with E-state index in [1.807, 2.05) is 0 Å². The summed E-state index contributed by atoms with van der Waals surface area (Å²) in [5.74, 6) is 1.89. The number of hydrogen-bond donors (Lipinski definition) is 1. The number of rotatable bonds is 8. The second-order valence-corrected chi connectivity index (χ2v) is 9.56. The monoisotopic (exact) mass is 441 g/mol. The summed E-state index contributed by atoms with van der Waals surface area (Å²) in [5, 5.41) is 3.57. The van der Waals surface area contributed by atoms with Crippen molar-refractivity contribution in [3.63, 3.8) is 0 Å². The Kier molecular flexibility index (Phi) is 9.24. The van der Waals surface area contributed by atoms with Crippen LogP contribution in [-0.2, 0) is 11.3 Å². The van der Waals surface area contributed by atoms with E-state index >= 15 is 0 Å². The van der Waals surface area contributed by atoms with Crippen molar-refractivity contribution in [2.24, 2.45) is 10.9 Å². The third-order valence-electron chi connectivity index (χ3n) is 7.29. The molecule has 0 aromatic heterocycles. The lowest BCUT2D eigenvalue weighted by Crippen LogP contribution is -2.56. The summed E-state index contributed by atoms with van der Waals surface area (Å²) in [4.78, 5) is 12.8. The minimum absolute atomic E-state index is 0.719. The predicted molar refractivity (Wildman–Crippen MR) is 132 cm³/mol. The lowest BCUT2D eigenvalue weighted by molar-refractivity contribution is 0.0369. The molecule has 4 rings (SSSR count). The minimum atomic E-state index is 0.719. The molecule has 1 aromatic rings. The number of nitrogens with one attached hydrogen (secondary N) is 1. The van der Waals surface area contributed by atoms with Crippen molar-refractivity contribution in [3.8, 4) is 0 Å². The van der Waals surface area contributed by atoms with Gasteiger partial charge < -0.3 is 15.0 Å². The molecule has 3 aliphatic heterocycles. The molecule has 0 bridgehead atoms. The Hall–Kier alpha value is -1.63. The van der Waals surface area contributed by atoms with Crippen molar-refractivity contribution in [1.29, 1.82) is 0 Å². The van der Waals surface area contributed by atoms with Crippen LogP contribution >= 0.6 is 0 Å². The number of nitrogens with zero attached hydrogens (tertiary/aromatic N) is 4. The lowest BCUT2D eigenvalue weighted by atomic mass is 9.83. The van der Waals surface area contributed by atoms with Crippen molar-refractivity contribution in [2.75, 3.05) is 65.6 Å². The number of unbranched alkanes of at least 4 members (excludes halogenated alkanes) is 1. The molecule has 3 fully saturated rings. The van der Waals surface area contributed by atoms with E-state index in [-0.39, 0.29) is 0 Å². The van der Waals surface area contributed by atoms with Gasteiger partial charge in [-0.1, -0.05) is 30.3 Å². The van der Waals surface area contributed by atoms with E-state index in [0.717, 1.165) is 83.4 Å². The van der Waals surface area contributed by atoms with E-state index < -0.39 is 0 Å². The summed E-state index contributed by atoms with van der Waals surface area (Å²) in [6.45, 7) is 13.8. The molecule has 0 spiro atoms. The summed E-state index contributed by atoms with van der Waals surface area (Å²) in [6.07, 6.45) is 6.31. The maximum atomic E-state index is 5.45. The molecule has 2 atom stereocenters. The van der Waals surface area contributed by atoms with Gasteiger partial charge in [-0.15, -0.1) is 0 Å². The topological polar surface area (TPSA) is 43.3 Å². The number of hydrogen-bond acceptors (Lipinski definition) is 4. The highest BCUT2D eigenvalue weighted by atomic mass is 16.5. The van der Waals surface area contributed by atoms with Crippen LogP contribution in [0.3, 0.4) is 0 Å². The summed E-state index contributed by atoms with van der Waals surface area (Å²) >= 11 is 0. The van der Waals surface area contributed by atoms with Crippen LogP contribution in [0.15, 0.2) is 35.3 Å². The Bertz CT molecular complexity index is 691. The zero-order chi connectivity index (χ0) is 22.0. The number of guanidine groups is 1. The van der Waals surface area contributed by atoms with Gasteiger partial charge in [0.2, 0.25) is 0 Å². The molecule has 1 N–H and O–H groups in total.